The smallest absolute Gasteiger partial charge is 0.299 e. The number of nitrogens with one attached hydrogen (secondary N) is 1. The third-order valence-electron chi connectivity index (χ3n) is 5.03. The van der Waals surface area contributed by atoms with E-state index in [1.54, 1.807) is 36.5 Å². The van der Waals surface area contributed by atoms with Gasteiger partial charge in [0.15, 0.2) is 16.6 Å². The number of piperazine rings is 1. The van der Waals surface area contributed by atoms with Crippen molar-refractivity contribution in [2.75, 3.05) is 25.1 Å². The summed E-state index contributed by atoms with van der Waals surface area (Å²) in [5, 5.41) is 3.57. The number of ether oxygens (including phenoxy) is 1. The molecule has 0 spiro atoms. The van der Waals surface area contributed by atoms with Gasteiger partial charge in [-0.05, 0) is 19.1 Å². The molecule has 0 radical (unpaired) electrons. The van der Waals surface area contributed by atoms with Crippen LogP contribution in [0.1, 0.15) is 12.0 Å². The predicted molar refractivity (Wildman–Crippen MR) is 102 cm³/mol. The lowest BCUT2D eigenvalue weighted by atomic mass is 10.2. The molecular weight excluding hydrogens is 390 g/mol. The minimum Gasteiger partial charge on any atom is -0.493 e. The van der Waals surface area contributed by atoms with E-state index in [1.165, 1.54) is 7.11 Å². The molecule has 1 aromatic carbocycles. The van der Waals surface area contributed by atoms with Gasteiger partial charge in [0, 0.05) is 31.6 Å². The van der Waals surface area contributed by atoms with Gasteiger partial charge in [0.1, 0.15) is 0 Å². The van der Waals surface area contributed by atoms with Gasteiger partial charge >= 0.3 is 0 Å². The number of fused-ring (bicyclic) bond motifs is 2. The Bertz CT molecular complexity index is 967. The van der Waals surface area contributed by atoms with Gasteiger partial charge in [-0.2, -0.15) is 8.42 Å². The third kappa shape index (κ3) is 3.27. The number of rotatable bonds is 5. The van der Waals surface area contributed by atoms with Gasteiger partial charge in [-0.15, -0.1) is 0 Å². The van der Waals surface area contributed by atoms with Crippen molar-refractivity contribution < 1.29 is 17.3 Å². The highest BCUT2D eigenvalue weighted by molar-refractivity contribution is 7.86. The van der Waals surface area contributed by atoms with Crippen LogP contribution in [0.5, 0.6) is 5.75 Å². The third-order valence-corrected chi connectivity index (χ3v) is 6.69. The molecule has 2 aliphatic heterocycles. The van der Waals surface area contributed by atoms with Crippen LogP contribution < -0.4 is 15.0 Å². The van der Waals surface area contributed by atoms with Crippen molar-refractivity contribution >= 4 is 27.4 Å². The van der Waals surface area contributed by atoms with Gasteiger partial charge in [-0.1, -0.05) is 29.3 Å². The van der Waals surface area contributed by atoms with Crippen LogP contribution in [0.4, 0.5) is 5.69 Å². The van der Waals surface area contributed by atoms with Crippen LogP contribution in [-0.2, 0) is 14.3 Å². The average molecular weight is 410 g/mol. The zero-order valence-electron chi connectivity index (χ0n) is 15.0. The van der Waals surface area contributed by atoms with Crippen LogP contribution >= 0.6 is 11.6 Å². The molecule has 0 unspecified atom stereocenters. The molecule has 1 N–H and O–H groups in total. The van der Waals surface area contributed by atoms with Gasteiger partial charge in [0.2, 0.25) is 0 Å². The highest BCUT2D eigenvalue weighted by Crippen LogP contribution is 2.42. The summed E-state index contributed by atoms with van der Waals surface area (Å²) >= 11 is 6.02. The molecule has 0 aliphatic carbocycles. The molecule has 27 heavy (non-hydrogen) atoms. The molecule has 3 heterocycles. The monoisotopic (exact) mass is 409 g/mol. The van der Waals surface area contributed by atoms with Crippen LogP contribution in [0.3, 0.4) is 0 Å². The molecule has 2 aliphatic rings. The number of hydrogen-bond donors (Lipinski definition) is 1. The largest absolute Gasteiger partial charge is 0.493 e. The lowest BCUT2D eigenvalue weighted by molar-refractivity contribution is 0.105. The Morgan fingerprint density at radius 3 is 2.74 bits per heavy atom. The fourth-order valence-corrected chi connectivity index (χ4v) is 5.04. The van der Waals surface area contributed by atoms with E-state index in [0.29, 0.717) is 30.9 Å². The number of aromatic nitrogens is 1. The Morgan fingerprint density at radius 1 is 1.33 bits per heavy atom. The van der Waals surface area contributed by atoms with Crippen molar-refractivity contribution in [3.05, 3.63) is 47.2 Å². The summed E-state index contributed by atoms with van der Waals surface area (Å²) in [6.45, 7) is 2.91. The number of benzene rings is 1. The molecule has 1 aromatic heterocycles. The number of aryl methyl sites for hydroxylation is 1. The Kier molecular flexibility index (Phi) is 4.54. The van der Waals surface area contributed by atoms with E-state index in [1.807, 2.05) is 11.8 Å². The molecule has 2 aromatic rings. The van der Waals surface area contributed by atoms with Crippen molar-refractivity contribution in [1.82, 2.24) is 10.3 Å². The van der Waals surface area contributed by atoms with Crippen molar-refractivity contribution in [2.24, 2.45) is 0 Å². The standard InChI is InChI=1S/C18H20ClN3O4S/c1-12-3-5-15(6-4-12)27(23,24)26-18-8-13(21-11-18)10-22(18)14-7-16(25-2)17(19)20-9-14/h3-7,9,13,21H,8,10-11H2,1-2H3/t13-,18-/m1/s1. The van der Waals surface area contributed by atoms with E-state index in [9.17, 15) is 8.42 Å². The number of hydrogen-bond acceptors (Lipinski definition) is 7. The highest BCUT2D eigenvalue weighted by atomic mass is 35.5. The summed E-state index contributed by atoms with van der Waals surface area (Å²) in [4.78, 5) is 6.21. The Morgan fingerprint density at radius 2 is 2.07 bits per heavy atom. The molecule has 2 saturated heterocycles. The first kappa shape index (κ1) is 18.5. The van der Waals surface area contributed by atoms with E-state index in [-0.39, 0.29) is 16.1 Å². The normalized spacial score (nSPS) is 24.4. The molecular formula is C18H20ClN3O4S. The van der Waals surface area contributed by atoms with Crippen LogP contribution in [0.15, 0.2) is 41.4 Å². The van der Waals surface area contributed by atoms with Crippen LogP contribution in [-0.4, -0.2) is 45.4 Å². The minimum atomic E-state index is -3.93. The highest BCUT2D eigenvalue weighted by Gasteiger charge is 2.55. The number of nitrogens with zero attached hydrogens (tertiary/aromatic N) is 2. The molecule has 2 atom stereocenters. The molecule has 7 nitrogen and oxygen atoms in total. The summed E-state index contributed by atoms with van der Waals surface area (Å²) in [7, 11) is -2.42. The summed E-state index contributed by atoms with van der Waals surface area (Å²) in [5.41, 5.74) is 0.686. The Labute approximate surface area is 163 Å². The van der Waals surface area contributed by atoms with E-state index in [2.05, 4.69) is 10.3 Å². The van der Waals surface area contributed by atoms with Crippen molar-refractivity contribution in [3.63, 3.8) is 0 Å². The van der Waals surface area contributed by atoms with Crippen LogP contribution in [0.2, 0.25) is 5.15 Å². The molecule has 2 fully saturated rings. The van der Waals surface area contributed by atoms with Gasteiger partial charge in [-0.25, -0.2) is 9.17 Å². The Hall–Kier alpha value is -1.87. The first-order valence-corrected chi connectivity index (χ1v) is 10.3. The second kappa shape index (κ2) is 6.63. The van der Waals surface area contributed by atoms with Crippen LogP contribution in [0, 0.1) is 6.92 Å². The average Bonchev–Trinajstić information content (AvgIpc) is 3.19. The summed E-state index contributed by atoms with van der Waals surface area (Å²) in [6, 6.07) is 8.52. The lowest BCUT2D eigenvalue weighted by Crippen LogP contribution is -2.55. The number of halogens is 1. The zero-order chi connectivity index (χ0) is 19.2. The summed E-state index contributed by atoms with van der Waals surface area (Å²) < 4.78 is 36.8. The quantitative estimate of drug-likeness (QED) is 0.599. The van der Waals surface area contributed by atoms with Gasteiger partial charge in [0.05, 0.1) is 23.9 Å². The molecule has 0 amide bonds. The van der Waals surface area contributed by atoms with Crippen molar-refractivity contribution in [1.29, 1.82) is 0 Å². The van der Waals surface area contributed by atoms with E-state index < -0.39 is 15.8 Å². The molecule has 9 heteroatoms. The predicted octanol–water partition coefficient (Wildman–Crippen LogP) is 2.34. The fraction of sp³-hybridized carbons (Fsp3) is 0.389. The van der Waals surface area contributed by atoms with Crippen molar-refractivity contribution in [2.45, 2.75) is 30.0 Å². The van der Waals surface area contributed by atoms with E-state index in [0.717, 1.165) is 5.56 Å². The lowest BCUT2D eigenvalue weighted by Gasteiger charge is -2.39. The van der Waals surface area contributed by atoms with Gasteiger partial charge in [0.25, 0.3) is 10.1 Å². The van der Waals surface area contributed by atoms with Gasteiger partial charge < -0.3 is 15.0 Å². The molecule has 2 bridgehead atoms. The molecule has 0 saturated carbocycles. The van der Waals surface area contributed by atoms with E-state index in [4.69, 9.17) is 20.5 Å². The van der Waals surface area contributed by atoms with Gasteiger partial charge in [-0.3, -0.25) is 0 Å². The molecule has 144 valence electrons. The Balaban J connectivity index is 1.68. The fourth-order valence-electron chi connectivity index (χ4n) is 3.67. The van der Waals surface area contributed by atoms with E-state index >= 15 is 0 Å². The maximum atomic E-state index is 12.9. The van der Waals surface area contributed by atoms with Crippen LogP contribution in [0.25, 0.3) is 0 Å². The topological polar surface area (TPSA) is 80.8 Å². The number of methoxy groups -OCH3 is 1. The minimum absolute atomic E-state index is 0.139. The summed E-state index contributed by atoms with van der Waals surface area (Å²) in [5.74, 6) is 0.432. The van der Waals surface area contributed by atoms with Crippen molar-refractivity contribution in [3.8, 4) is 5.75 Å². The summed E-state index contributed by atoms with van der Waals surface area (Å²) in [6.07, 6.45) is 2.16. The first-order valence-electron chi connectivity index (χ1n) is 8.56. The zero-order valence-corrected chi connectivity index (χ0v) is 16.5. The maximum Gasteiger partial charge on any atom is 0.299 e. The first-order chi connectivity index (χ1) is 12.8. The SMILES string of the molecule is COc1cc(N2C[C@H]3C[C@@]2(OS(=O)(=O)c2ccc(C)cc2)CN3)cnc1Cl. The second-order valence-electron chi connectivity index (χ2n) is 6.88. The number of anilines is 1. The number of pyridine rings is 1. The molecule has 4 rings (SSSR count). The maximum absolute atomic E-state index is 12.9. The second-order valence-corrected chi connectivity index (χ2v) is 8.78.